The standard InChI is InChI=1S/C26H25Cl4N3O4S/c1-16-4-8-20(9-5-16)38(36,37)33(19-7-11-22(28)24(30)13-19)15-25(34)32(17(2)26(35)31-3)14-18-6-10-21(27)23(29)12-18/h4-13,17H,14-15H2,1-3H3,(H,31,35)/t17-/m0/s1. The van der Waals surface area contributed by atoms with Crippen LogP contribution < -0.4 is 9.62 Å². The Kier molecular flexibility index (Phi) is 9.95. The number of benzene rings is 3. The molecule has 0 saturated heterocycles. The van der Waals surface area contributed by atoms with Crippen LogP contribution in [0.15, 0.2) is 65.6 Å². The minimum absolute atomic E-state index is 0.0163. The average molecular weight is 617 g/mol. The van der Waals surface area contributed by atoms with Crippen LogP contribution in [0.4, 0.5) is 5.69 Å². The molecule has 3 aromatic rings. The van der Waals surface area contributed by atoms with Crippen LogP contribution in [0.2, 0.25) is 20.1 Å². The predicted octanol–water partition coefficient (Wildman–Crippen LogP) is 5.97. The zero-order valence-electron chi connectivity index (χ0n) is 20.7. The Balaban J connectivity index is 2.06. The van der Waals surface area contributed by atoms with Crippen LogP contribution in [0.1, 0.15) is 18.1 Å². The molecule has 12 heteroatoms. The first-order valence-corrected chi connectivity index (χ1v) is 14.3. The van der Waals surface area contributed by atoms with Crippen LogP contribution in [0, 0.1) is 6.92 Å². The second-order valence-electron chi connectivity index (χ2n) is 8.48. The van der Waals surface area contributed by atoms with E-state index in [0.29, 0.717) is 10.6 Å². The molecule has 7 nitrogen and oxygen atoms in total. The number of aryl methyl sites for hydroxylation is 1. The molecule has 0 bridgehead atoms. The minimum atomic E-state index is -4.22. The van der Waals surface area contributed by atoms with Gasteiger partial charge in [-0.25, -0.2) is 8.42 Å². The monoisotopic (exact) mass is 615 g/mol. The number of carbonyl (C=O) groups excluding carboxylic acids is 2. The number of halogens is 4. The van der Waals surface area contributed by atoms with Crippen molar-refractivity contribution in [1.82, 2.24) is 10.2 Å². The van der Waals surface area contributed by atoms with Crippen molar-refractivity contribution in [3.05, 3.63) is 91.9 Å². The average Bonchev–Trinajstić information content (AvgIpc) is 2.88. The fourth-order valence-electron chi connectivity index (χ4n) is 3.63. The van der Waals surface area contributed by atoms with Crippen molar-refractivity contribution in [1.29, 1.82) is 0 Å². The fourth-order valence-corrected chi connectivity index (χ4v) is 5.65. The summed E-state index contributed by atoms with van der Waals surface area (Å²) in [5.74, 6) is -1.06. The topological polar surface area (TPSA) is 86.8 Å². The number of hydrogen-bond acceptors (Lipinski definition) is 4. The van der Waals surface area contributed by atoms with Gasteiger partial charge in [0, 0.05) is 13.6 Å². The van der Waals surface area contributed by atoms with Crippen LogP contribution >= 0.6 is 46.4 Å². The van der Waals surface area contributed by atoms with E-state index in [-0.39, 0.29) is 32.2 Å². The zero-order chi connectivity index (χ0) is 28.2. The van der Waals surface area contributed by atoms with Gasteiger partial charge in [0.25, 0.3) is 10.0 Å². The first-order chi connectivity index (χ1) is 17.8. The maximum Gasteiger partial charge on any atom is 0.264 e. The number of sulfonamides is 1. The molecule has 1 atom stereocenters. The molecule has 3 aromatic carbocycles. The molecule has 1 N–H and O–H groups in total. The summed E-state index contributed by atoms with van der Waals surface area (Å²) in [6, 6.07) is 14.4. The normalized spacial score (nSPS) is 12.1. The van der Waals surface area contributed by atoms with Gasteiger partial charge in [-0.2, -0.15) is 0 Å². The van der Waals surface area contributed by atoms with Crippen LogP contribution in [0.3, 0.4) is 0 Å². The molecule has 0 fully saturated rings. The molecule has 0 radical (unpaired) electrons. The number of rotatable bonds is 9. The van der Waals surface area contributed by atoms with Crippen molar-refractivity contribution >= 4 is 73.9 Å². The highest BCUT2D eigenvalue weighted by Gasteiger charge is 2.32. The highest BCUT2D eigenvalue weighted by Crippen LogP contribution is 2.31. The Labute approximate surface area is 242 Å². The summed E-state index contributed by atoms with van der Waals surface area (Å²) in [6.45, 7) is 2.74. The molecular weight excluding hydrogens is 592 g/mol. The lowest BCUT2D eigenvalue weighted by Gasteiger charge is -2.32. The van der Waals surface area contributed by atoms with E-state index in [1.165, 1.54) is 42.3 Å². The van der Waals surface area contributed by atoms with Gasteiger partial charge in [0.2, 0.25) is 11.8 Å². The Hall–Kier alpha value is -2.49. The summed E-state index contributed by atoms with van der Waals surface area (Å²) in [7, 11) is -2.77. The number of nitrogens with one attached hydrogen (secondary N) is 1. The smallest absolute Gasteiger partial charge is 0.264 e. The van der Waals surface area contributed by atoms with Gasteiger partial charge >= 0.3 is 0 Å². The van der Waals surface area contributed by atoms with Gasteiger partial charge in [0.1, 0.15) is 12.6 Å². The van der Waals surface area contributed by atoms with Crippen LogP contribution in [0.25, 0.3) is 0 Å². The molecule has 0 aliphatic carbocycles. The maximum atomic E-state index is 13.8. The number of likely N-dealkylation sites (N-methyl/N-ethyl adjacent to an activating group) is 1. The molecule has 2 amide bonds. The van der Waals surface area contributed by atoms with Crippen molar-refractivity contribution in [3.8, 4) is 0 Å². The summed E-state index contributed by atoms with van der Waals surface area (Å²) in [4.78, 5) is 27.5. The number of nitrogens with zero attached hydrogens (tertiary/aromatic N) is 2. The molecular formula is C26H25Cl4N3O4S. The van der Waals surface area contributed by atoms with Crippen LogP contribution in [0.5, 0.6) is 0 Å². The van der Waals surface area contributed by atoms with Crippen molar-refractivity contribution in [3.63, 3.8) is 0 Å². The molecule has 0 aliphatic rings. The van der Waals surface area contributed by atoms with E-state index in [4.69, 9.17) is 46.4 Å². The number of amides is 2. The van der Waals surface area contributed by atoms with Gasteiger partial charge < -0.3 is 10.2 Å². The maximum absolute atomic E-state index is 13.8. The second-order valence-corrected chi connectivity index (χ2v) is 12.0. The van der Waals surface area contributed by atoms with Crippen molar-refractivity contribution in [2.45, 2.75) is 31.3 Å². The van der Waals surface area contributed by atoms with E-state index in [1.54, 1.807) is 37.3 Å². The summed E-state index contributed by atoms with van der Waals surface area (Å²) in [5, 5.41) is 3.48. The number of anilines is 1. The zero-order valence-corrected chi connectivity index (χ0v) is 24.6. The molecule has 0 unspecified atom stereocenters. The molecule has 38 heavy (non-hydrogen) atoms. The lowest BCUT2D eigenvalue weighted by Crippen LogP contribution is -2.50. The van der Waals surface area contributed by atoms with Crippen molar-refractivity contribution < 1.29 is 18.0 Å². The Morgan fingerprint density at radius 3 is 2.00 bits per heavy atom. The first-order valence-electron chi connectivity index (χ1n) is 11.3. The van der Waals surface area contributed by atoms with Gasteiger partial charge in [0.05, 0.1) is 30.7 Å². The first kappa shape index (κ1) is 30.1. The largest absolute Gasteiger partial charge is 0.357 e. The Morgan fingerprint density at radius 2 is 1.45 bits per heavy atom. The van der Waals surface area contributed by atoms with Gasteiger partial charge in [0.15, 0.2) is 0 Å². The number of hydrogen-bond donors (Lipinski definition) is 1. The van der Waals surface area contributed by atoms with Gasteiger partial charge in [-0.15, -0.1) is 0 Å². The molecule has 0 aliphatic heterocycles. The molecule has 0 spiro atoms. The second kappa shape index (κ2) is 12.6. The molecule has 0 saturated carbocycles. The highest BCUT2D eigenvalue weighted by molar-refractivity contribution is 7.92. The summed E-state index contributed by atoms with van der Waals surface area (Å²) >= 11 is 24.4. The minimum Gasteiger partial charge on any atom is -0.357 e. The van der Waals surface area contributed by atoms with Gasteiger partial charge in [-0.05, 0) is 61.9 Å². The van der Waals surface area contributed by atoms with Crippen molar-refractivity contribution in [2.75, 3.05) is 17.9 Å². The third kappa shape index (κ3) is 6.93. The van der Waals surface area contributed by atoms with E-state index in [2.05, 4.69) is 5.32 Å². The predicted molar refractivity (Wildman–Crippen MR) is 153 cm³/mol. The van der Waals surface area contributed by atoms with Crippen LogP contribution in [-0.4, -0.2) is 44.8 Å². The molecule has 0 aromatic heterocycles. The summed E-state index contributed by atoms with van der Waals surface area (Å²) in [6.07, 6.45) is 0. The van der Waals surface area contributed by atoms with E-state index in [9.17, 15) is 18.0 Å². The molecule has 202 valence electrons. The number of carbonyl (C=O) groups is 2. The third-order valence-electron chi connectivity index (χ3n) is 5.83. The van der Waals surface area contributed by atoms with Gasteiger partial charge in [-0.1, -0.05) is 70.2 Å². The van der Waals surface area contributed by atoms with E-state index < -0.39 is 34.4 Å². The quantitative estimate of drug-likeness (QED) is 0.321. The lowest BCUT2D eigenvalue weighted by atomic mass is 10.1. The van der Waals surface area contributed by atoms with E-state index in [0.717, 1.165) is 9.87 Å². The van der Waals surface area contributed by atoms with E-state index >= 15 is 0 Å². The molecule has 3 rings (SSSR count). The summed E-state index contributed by atoms with van der Waals surface area (Å²) < 4.78 is 28.5. The fraction of sp³-hybridized carbons (Fsp3) is 0.231. The van der Waals surface area contributed by atoms with Crippen LogP contribution in [-0.2, 0) is 26.2 Å². The van der Waals surface area contributed by atoms with E-state index in [1.807, 2.05) is 6.92 Å². The van der Waals surface area contributed by atoms with Crippen molar-refractivity contribution in [2.24, 2.45) is 0 Å². The third-order valence-corrected chi connectivity index (χ3v) is 9.10. The lowest BCUT2D eigenvalue weighted by molar-refractivity contribution is -0.139. The Morgan fingerprint density at radius 1 is 0.868 bits per heavy atom. The highest BCUT2D eigenvalue weighted by atomic mass is 35.5. The van der Waals surface area contributed by atoms with Gasteiger partial charge in [-0.3, -0.25) is 13.9 Å². The SMILES string of the molecule is CNC(=O)[C@H](C)N(Cc1ccc(Cl)c(Cl)c1)C(=O)CN(c1ccc(Cl)c(Cl)c1)S(=O)(=O)c1ccc(C)cc1. The summed E-state index contributed by atoms with van der Waals surface area (Å²) in [5.41, 5.74) is 1.61. The Bertz CT molecular complexity index is 1450. The molecule has 0 heterocycles.